The zero-order valence-corrected chi connectivity index (χ0v) is 12.4. The quantitative estimate of drug-likeness (QED) is 0.649. The minimum absolute atomic E-state index is 0.399. The molecule has 1 heterocycles. The number of halogens is 2. The molecule has 0 nitrogen and oxygen atoms in total. The van der Waals surface area contributed by atoms with E-state index in [2.05, 4.69) is 55.6 Å². The molecule has 0 saturated carbocycles. The Morgan fingerprint density at radius 2 is 2.07 bits per heavy atom. The summed E-state index contributed by atoms with van der Waals surface area (Å²) < 4.78 is 0. The Balaban J connectivity index is 2.67. The van der Waals surface area contributed by atoms with Gasteiger partial charge in [-0.1, -0.05) is 45.2 Å². The first kappa shape index (κ1) is 12.7. The van der Waals surface area contributed by atoms with Crippen molar-refractivity contribution in [2.75, 3.05) is 10.7 Å². The third kappa shape index (κ3) is 3.35. The van der Waals surface area contributed by atoms with Crippen LogP contribution in [0.3, 0.4) is 0 Å². The molecule has 0 radical (unpaired) electrons. The zero-order chi connectivity index (χ0) is 10.4. The molecule has 0 fully saturated rings. The summed E-state index contributed by atoms with van der Waals surface area (Å²) in [5.74, 6) is 0. The van der Waals surface area contributed by atoms with E-state index in [-0.39, 0.29) is 0 Å². The van der Waals surface area contributed by atoms with Crippen molar-refractivity contribution in [1.82, 2.24) is 0 Å². The van der Waals surface area contributed by atoms with E-state index in [0.29, 0.717) is 5.41 Å². The van der Waals surface area contributed by atoms with Gasteiger partial charge in [0.1, 0.15) is 0 Å². The first-order valence-corrected chi connectivity index (χ1v) is 8.08. The van der Waals surface area contributed by atoms with Crippen LogP contribution < -0.4 is 0 Å². The van der Waals surface area contributed by atoms with Gasteiger partial charge in [0.15, 0.2) is 0 Å². The molecule has 1 rings (SSSR count). The molecule has 0 unspecified atom stereocenters. The van der Waals surface area contributed by atoms with Crippen molar-refractivity contribution < 1.29 is 0 Å². The molecule has 0 bridgehead atoms. The maximum absolute atomic E-state index is 3.65. The summed E-state index contributed by atoms with van der Waals surface area (Å²) in [6, 6.07) is 2.24. The Morgan fingerprint density at radius 1 is 1.36 bits per heavy atom. The summed E-state index contributed by atoms with van der Waals surface area (Å²) >= 11 is 9.10. The van der Waals surface area contributed by atoms with Crippen LogP contribution in [0.15, 0.2) is 16.8 Å². The van der Waals surface area contributed by atoms with E-state index in [1.54, 1.807) is 11.3 Å². The summed E-state index contributed by atoms with van der Waals surface area (Å²) in [7, 11) is 0. The van der Waals surface area contributed by atoms with E-state index >= 15 is 0 Å². The molecule has 0 aromatic carbocycles. The topological polar surface area (TPSA) is 0 Å². The fraction of sp³-hybridized carbons (Fsp3) is 0.636. The Hall–Kier alpha value is 0.660. The zero-order valence-electron chi connectivity index (χ0n) is 8.43. The fourth-order valence-electron chi connectivity index (χ4n) is 1.71. The van der Waals surface area contributed by atoms with Gasteiger partial charge in [-0.2, -0.15) is 11.3 Å². The largest absolute Gasteiger partial charge is 0.152 e. The Morgan fingerprint density at radius 3 is 2.50 bits per heavy atom. The predicted octanol–water partition coefficient (Wildman–Crippen LogP) is 4.87. The normalized spacial score (nSPS) is 11.9. The maximum atomic E-state index is 3.65. The monoisotopic (exact) mass is 338 g/mol. The highest BCUT2D eigenvalue weighted by Gasteiger charge is 2.27. The average molecular weight is 340 g/mol. The first-order valence-electron chi connectivity index (χ1n) is 4.89. The molecule has 0 atom stereocenters. The number of hydrogen-bond acceptors (Lipinski definition) is 1. The smallest absolute Gasteiger partial charge is 0.00991 e. The van der Waals surface area contributed by atoms with Crippen molar-refractivity contribution in [3.63, 3.8) is 0 Å². The van der Waals surface area contributed by atoms with Crippen LogP contribution in [0.5, 0.6) is 0 Å². The minimum Gasteiger partial charge on any atom is -0.152 e. The lowest BCUT2D eigenvalue weighted by Gasteiger charge is -2.29. The molecule has 0 spiro atoms. The Bertz CT molecular complexity index is 240. The molecule has 1 aromatic heterocycles. The van der Waals surface area contributed by atoms with Gasteiger partial charge in [-0.25, -0.2) is 0 Å². The lowest BCUT2D eigenvalue weighted by molar-refractivity contribution is 0.352. The summed E-state index contributed by atoms with van der Waals surface area (Å²) in [5.41, 5.74) is 1.87. The van der Waals surface area contributed by atoms with Crippen molar-refractivity contribution in [3.05, 3.63) is 22.4 Å². The SMILES string of the molecule is CCCC(CBr)(CBr)Cc1ccsc1. The van der Waals surface area contributed by atoms with Crippen molar-refractivity contribution >= 4 is 43.2 Å². The van der Waals surface area contributed by atoms with Crippen molar-refractivity contribution in [3.8, 4) is 0 Å². The minimum atomic E-state index is 0.399. The molecular weight excluding hydrogens is 324 g/mol. The number of thiophene rings is 1. The molecule has 14 heavy (non-hydrogen) atoms. The van der Waals surface area contributed by atoms with E-state index in [1.807, 2.05) is 0 Å². The van der Waals surface area contributed by atoms with Gasteiger partial charge in [0.25, 0.3) is 0 Å². The van der Waals surface area contributed by atoms with Crippen molar-refractivity contribution in [2.24, 2.45) is 5.41 Å². The summed E-state index contributed by atoms with van der Waals surface area (Å²) in [5, 5.41) is 6.58. The van der Waals surface area contributed by atoms with Gasteiger partial charge in [-0.05, 0) is 40.6 Å². The molecule has 1 aromatic rings. The van der Waals surface area contributed by atoms with E-state index in [4.69, 9.17) is 0 Å². The molecule has 80 valence electrons. The van der Waals surface area contributed by atoms with Gasteiger partial charge in [0, 0.05) is 10.7 Å². The summed E-state index contributed by atoms with van der Waals surface area (Å²) in [4.78, 5) is 0. The van der Waals surface area contributed by atoms with Crippen LogP contribution in [0.25, 0.3) is 0 Å². The molecular formula is C11H16Br2S. The van der Waals surface area contributed by atoms with E-state index in [0.717, 1.165) is 10.7 Å². The van der Waals surface area contributed by atoms with Crippen LogP contribution in [-0.4, -0.2) is 10.7 Å². The molecule has 0 aliphatic rings. The van der Waals surface area contributed by atoms with Crippen molar-refractivity contribution in [1.29, 1.82) is 0 Å². The number of hydrogen-bond donors (Lipinski definition) is 0. The van der Waals surface area contributed by atoms with Gasteiger partial charge in [0.05, 0.1) is 0 Å². The predicted molar refractivity (Wildman–Crippen MR) is 73.0 cm³/mol. The van der Waals surface area contributed by atoms with E-state index < -0.39 is 0 Å². The number of rotatable bonds is 6. The second-order valence-corrected chi connectivity index (χ2v) is 5.73. The van der Waals surface area contributed by atoms with Gasteiger partial charge in [-0.15, -0.1) is 0 Å². The van der Waals surface area contributed by atoms with Gasteiger partial charge in [0.2, 0.25) is 0 Å². The molecule has 3 heteroatoms. The third-order valence-corrected chi connectivity index (χ3v) is 5.62. The van der Waals surface area contributed by atoms with Gasteiger partial charge in [-0.3, -0.25) is 0 Å². The first-order chi connectivity index (χ1) is 6.76. The van der Waals surface area contributed by atoms with Crippen LogP contribution in [0.1, 0.15) is 25.3 Å². The van der Waals surface area contributed by atoms with E-state index in [1.165, 1.54) is 24.8 Å². The van der Waals surface area contributed by atoms with Crippen LogP contribution in [0.4, 0.5) is 0 Å². The molecule has 0 amide bonds. The number of alkyl halides is 2. The van der Waals surface area contributed by atoms with Crippen LogP contribution in [0, 0.1) is 5.41 Å². The van der Waals surface area contributed by atoms with Crippen LogP contribution in [-0.2, 0) is 6.42 Å². The highest BCUT2D eigenvalue weighted by molar-refractivity contribution is 9.09. The lowest BCUT2D eigenvalue weighted by atomic mass is 9.82. The van der Waals surface area contributed by atoms with Crippen LogP contribution in [0.2, 0.25) is 0 Å². The summed E-state index contributed by atoms with van der Waals surface area (Å²) in [6.07, 6.45) is 3.71. The average Bonchev–Trinajstić information content (AvgIpc) is 2.69. The maximum Gasteiger partial charge on any atom is 0.00991 e. The fourth-order valence-corrected chi connectivity index (χ4v) is 4.26. The molecule has 0 aliphatic carbocycles. The highest BCUT2D eigenvalue weighted by Crippen LogP contribution is 2.33. The highest BCUT2D eigenvalue weighted by atomic mass is 79.9. The van der Waals surface area contributed by atoms with Gasteiger partial charge >= 0.3 is 0 Å². The Labute approximate surface area is 107 Å². The van der Waals surface area contributed by atoms with Crippen LogP contribution >= 0.6 is 43.2 Å². The van der Waals surface area contributed by atoms with Gasteiger partial charge < -0.3 is 0 Å². The molecule has 0 saturated heterocycles. The second-order valence-electron chi connectivity index (χ2n) is 3.83. The molecule has 0 aliphatic heterocycles. The van der Waals surface area contributed by atoms with E-state index in [9.17, 15) is 0 Å². The summed E-state index contributed by atoms with van der Waals surface area (Å²) in [6.45, 7) is 2.26. The third-order valence-electron chi connectivity index (χ3n) is 2.51. The standard InChI is InChI=1S/C11H16Br2S/c1-2-4-11(8-12,9-13)6-10-3-5-14-7-10/h3,5,7H,2,4,6,8-9H2,1H3. The second kappa shape index (κ2) is 6.29. The molecule has 0 N–H and O–H groups in total. The lowest BCUT2D eigenvalue weighted by Crippen LogP contribution is -2.27. The Kier molecular flexibility index (Phi) is 5.72. The van der Waals surface area contributed by atoms with Crippen molar-refractivity contribution in [2.45, 2.75) is 26.2 Å².